The zero-order valence-electron chi connectivity index (χ0n) is 16.6. The molecule has 1 aliphatic heterocycles. The molecule has 0 radical (unpaired) electrons. The number of anilines is 1. The maximum atomic E-state index is 11.8. The lowest BCUT2D eigenvalue weighted by atomic mass is 9.96. The number of rotatable bonds is 4. The molecule has 0 aliphatic carbocycles. The molecule has 1 aliphatic rings. The average molecular weight is 492 g/mol. The van der Waals surface area contributed by atoms with Gasteiger partial charge in [0.2, 0.25) is 11.8 Å². The predicted molar refractivity (Wildman–Crippen MR) is 117 cm³/mol. The zero-order valence-corrected chi connectivity index (χ0v) is 18.9. The summed E-state index contributed by atoms with van der Waals surface area (Å²) in [5.41, 5.74) is 3.32. The van der Waals surface area contributed by atoms with Crippen LogP contribution in [0.2, 0.25) is 5.15 Å². The van der Waals surface area contributed by atoms with Crippen molar-refractivity contribution < 1.29 is 13.9 Å². The lowest BCUT2D eigenvalue weighted by Gasteiger charge is -2.33. The van der Waals surface area contributed by atoms with Crippen molar-refractivity contribution in [3.05, 3.63) is 45.7 Å². The van der Waals surface area contributed by atoms with E-state index in [1.54, 1.807) is 6.07 Å². The predicted octanol–water partition coefficient (Wildman–Crippen LogP) is 4.91. The summed E-state index contributed by atoms with van der Waals surface area (Å²) < 4.78 is 11.8. The van der Waals surface area contributed by atoms with E-state index < -0.39 is 0 Å². The molecule has 1 fully saturated rings. The number of aromatic nitrogens is 3. The molecule has 9 heteroatoms. The van der Waals surface area contributed by atoms with Gasteiger partial charge < -0.3 is 14.1 Å². The number of ether oxygens (including phenoxy) is 1. The SMILES string of the molecule is COC(=O)C1CCN(c2cc(Br)ccc2-c2nnc(-c3cc(C)nc(Cl)c3)o2)CC1. The Hall–Kier alpha value is -2.45. The topological polar surface area (TPSA) is 81.4 Å². The lowest BCUT2D eigenvalue weighted by Crippen LogP contribution is -2.37. The Labute approximate surface area is 187 Å². The van der Waals surface area contributed by atoms with Gasteiger partial charge in [0.1, 0.15) is 5.15 Å². The summed E-state index contributed by atoms with van der Waals surface area (Å²) >= 11 is 9.62. The monoisotopic (exact) mass is 490 g/mol. The van der Waals surface area contributed by atoms with Gasteiger partial charge in [0.25, 0.3) is 0 Å². The molecule has 156 valence electrons. The van der Waals surface area contributed by atoms with E-state index in [9.17, 15) is 4.79 Å². The number of piperidine rings is 1. The van der Waals surface area contributed by atoms with Gasteiger partial charge in [-0.25, -0.2) is 4.98 Å². The number of methoxy groups -OCH3 is 1. The first-order valence-corrected chi connectivity index (χ1v) is 10.7. The van der Waals surface area contributed by atoms with E-state index in [2.05, 4.69) is 36.0 Å². The van der Waals surface area contributed by atoms with Gasteiger partial charge in [0.15, 0.2) is 0 Å². The second-order valence-corrected chi connectivity index (χ2v) is 8.48. The van der Waals surface area contributed by atoms with E-state index in [0.29, 0.717) is 16.9 Å². The third kappa shape index (κ3) is 4.34. The van der Waals surface area contributed by atoms with Gasteiger partial charge in [-0.3, -0.25) is 4.79 Å². The molecule has 0 amide bonds. The van der Waals surface area contributed by atoms with Crippen LogP contribution >= 0.6 is 27.5 Å². The molecule has 7 nitrogen and oxygen atoms in total. The van der Waals surface area contributed by atoms with E-state index in [0.717, 1.165) is 52.9 Å². The minimum atomic E-state index is -0.142. The van der Waals surface area contributed by atoms with Crippen molar-refractivity contribution in [2.75, 3.05) is 25.1 Å². The van der Waals surface area contributed by atoms with Gasteiger partial charge in [-0.2, -0.15) is 0 Å². The van der Waals surface area contributed by atoms with E-state index in [-0.39, 0.29) is 11.9 Å². The third-order valence-corrected chi connectivity index (χ3v) is 5.84. The quantitative estimate of drug-likeness (QED) is 0.379. The van der Waals surface area contributed by atoms with Crippen molar-refractivity contribution in [1.82, 2.24) is 15.2 Å². The zero-order chi connectivity index (χ0) is 21.3. The normalized spacial score (nSPS) is 14.7. The van der Waals surface area contributed by atoms with Crippen molar-refractivity contribution in [3.63, 3.8) is 0 Å². The number of hydrogen-bond donors (Lipinski definition) is 0. The van der Waals surface area contributed by atoms with Crippen LogP contribution < -0.4 is 4.90 Å². The van der Waals surface area contributed by atoms with Crippen molar-refractivity contribution in [2.24, 2.45) is 5.92 Å². The highest BCUT2D eigenvalue weighted by atomic mass is 79.9. The summed E-state index contributed by atoms with van der Waals surface area (Å²) in [5.74, 6) is 0.609. The van der Waals surface area contributed by atoms with Crippen molar-refractivity contribution in [1.29, 1.82) is 0 Å². The van der Waals surface area contributed by atoms with Crippen LogP contribution in [0.1, 0.15) is 18.5 Å². The maximum absolute atomic E-state index is 11.8. The second-order valence-electron chi connectivity index (χ2n) is 7.18. The molecule has 0 N–H and O–H groups in total. The number of pyridine rings is 1. The van der Waals surface area contributed by atoms with Crippen LogP contribution in [0, 0.1) is 12.8 Å². The second kappa shape index (κ2) is 8.73. The number of aryl methyl sites for hydroxylation is 1. The summed E-state index contributed by atoms with van der Waals surface area (Å²) in [6.45, 7) is 3.34. The Balaban J connectivity index is 1.63. The van der Waals surface area contributed by atoms with Crippen LogP contribution in [0.25, 0.3) is 22.9 Å². The van der Waals surface area contributed by atoms with Gasteiger partial charge in [0.05, 0.1) is 24.3 Å². The van der Waals surface area contributed by atoms with Crippen LogP contribution in [0.4, 0.5) is 5.69 Å². The van der Waals surface area contributed by atoms with Crippen LogP contribution in [-0.4, -0.2) is 41.3 Å². The molecule has 3 heterocycles. The third-order valence-electron chi connectivity index (χ3n) is 5.15. The molecular weight excluding hydrogens is 472 g/mol. The number of benzene rings is 1. The minimum Gasteiger partial charge on any atom is -0.469 e. The first-order chi connectivity index (χ1) is 14.4. The minimum absolute atomic E-state index is 0.0588. The molecule has 1 saturated heterocycles. The maximum Gasteiger partial charge on any atom is 0.308 e. The standard InChI is InChI=1S/C21H20BrClN4O3/c1-12-9-14(10-18(23)24-12)19-25-26-20(30-19)16-4-3-15(22)11-17(16)27-7-5-13(6-8-27)21(28)29-2/h3-4,9-11,13H,5-8H2,1-2H3. The molecule has 0 spiro atoms. The fourth-order valence-electron chi connectivity index (χ4n) is 3.67. The molecule has 1 aromatic carbocycles. The number of carbonyl (C=O) groups excluding carboxylic acids is 1. The smallest absolute Gasteiger partial charge is 0.308 e. The van der Waals surface area contributed by atoms with Gasteiger partial charge in [-0.15, -0.1) is 10.2 Å². The van der Waals surface area contributed by atoms with Gasteiger partial charge in [-0.1, -0.05) is 27.5 Å². The summed E-state index contributed by atoms with van der Waals surface area (Å²) in [5, 5.41) is 8.85. The number of halogens is 2. The average Bonchev–Trinajstić information content (AvgIpc) is 3.22. The first-order valence-electron chi connectivity index (χ1n) is 9.55. The fraction of sp³-hybridized carbons (Fsp3) is 0.333. The molecule has 2 aromatic heterocycles. The number of hydrogen-bond acceptors (Lipinski definition) is 7. The summed E-state index contributed by atoms with van der Waals surface area (Å²) in [7, 11) is 1.44. The highest BCUT2D eigenvalue weighted by Crippen LogP contribution is 2.36. The van der Waals surface area contributed by atoms with Gasteiger partial charge in [0, 0.05) is 28.8 Å². The molecule has 0 bridgehead atoms. The largest absolute Gasteiger partial charge is 0.469 e. The Morgan fingerprint density at radius 3 is 2.63 bits per heavy atom. The fourth-order valence-corrected chi connectivity index (χ4v) is 4.27. The molecule has 3 aromatic rings. The van der Waals surface area contributed by atoms with Crippen LogP contribution in [-0.2, 0) is 9.53 Å². The molecular formula is C21H20BrClN4O3. The Morgan fingerprint density at radius 1 is 1.20 bits per heavy atom. The molecule has 0 saturated carbocycles. The summed E-state index contributed by atoms with van der Waals surface area (Å²) in [6, 6.07) is 9.48. The van der Waals surface area contributed by atoms with E-state index >= 15 is 0 Å². The van der Waals surface area contributed by atoms with Crippen molar-refractivity contribution >= 4 is 39.2 Å². The van der Waals surface area contributed by atoms with E-state index in [1.807, 2.05) is 31.2 Å². The Bertz CT molecular complexity index is 1060. The molecule has 0 atom stereocenters. The van der Waals surface area contributed by atoms with Gasteiger partial charge >= 0.3 is 5.97 Å². The number of carbonyl (C=O) groups is 1. The number of esters is 1. The van der Waals surface area contributed by atoms with E-state index in [4.69, 9.17) is 20.8 Å². The van der Waals surface area contributed by atoms with E-state index in [1.165, 1.54) is 7.11 Å². The van der Waals surface area contributed by atoms with Crippen molar-refractivity contribution in [3.8, 4) is 22.9 Å². The molecule has 0 unspecified atom stereocenters. The number of nitrogens with zero attached hydrogens (tertiary/aromatic N) is 4. The molecule has 30 heavy (non-hydrogen) atoms. The lowest BCUT2D eigenvalue weighted by molar-refractivity contribution is -0.146. The highest BCUT2D eigenvalue weighted by Gasteiger charge is 2.27. The summed E-state index contributed by atoms with van der Waals surface area (Å²) in [6.07, 6.45) is 1.48. The Kier molecular flexibility index (Phi) is 6.06. The van der Waals surface area contributed by atoms with Crippen LogP contribution in [0.3, 0.4) is 0 Å². The molecule has 4 rings (SSSR count). The van der Waals surface area contributed by atoms with Crippen molar-refractivity contribution in [2.45, 2.75) is 19.8 Å². The Morgan fingerprint density at radius 2 is 1.93 bits per heavy atom. The van der Waals surface area contributed by atoms with Crippen LogP contribution in [0.15, 0.2) is 39.2 Å². The highest BCUT2D eigenvalue weighted by molar-refractivity contribution is 9.10. The first kappa shape index (κ1) is 20.8. The summed E-state index contributed by atoms with van der Waals surface area (Å²) in [4.78, 5) is 18.2. The van der Waals surface area contributed by atoms with Gasteiger partial charge in [-0.05, 0) is 50.1 Å². The van der Waals surface area contributed by atoms with Crippen LogP contribution in [0.5, 0.6) is 0 Å².